The number of hydrogen-bond acceptors (Lipinski definition) is 6. The predicted octanol–water partition coefficient (Wildman–Crippen LogP) is 21.3. The van der Waals surface area contributed by atoms with Crippen LogP contribution in [0.15, 0.2) is 97.2 Å². The van der Waals surface area contributed by atoms with E-state index in [4.69, 9.17) is 14.2 Å². The lowest BCUT2D eigenvalue weighted by Gasteiger charge is -2.18. The third-order valence-corrected chi connectivity index (χ3v) is 13.3. The van der Waals surface area contributed by atoms with Crippen molar-refractivity contribution in [1.29, 1.82) is 0 Å². The number of rotatable bonds is 56. The van der Waals surface area contributed by atoms with Gasteiger partial charge in [-0.2, -0.15) is 0 Å². The van der Waals surface area contributed by atoms with Crippen molar-refractivity contribution in [1.82, 2.24) is 0 Å². The minimum atomic E-state index is -0.828. The Kier molecular flexibility index (Phi) is 58.8. The van der Waals surface area contributed by atoms with Crippen molar-refractivity contribution in [2.45, 2.75) is 303 Å². The van der Waals surface area contributed by atoms with E-state index >= 15 is 0 Å². The quantitative estimate of drug-likeness (QED) is 0.0261. The molecule has 0 rings (SSSR count). The Morgan fingerprint density at radius 3 is 0.905 bits per heavy atom. The minimum absolute atomic E-state index is 0.115. The molecule has 0 radical (unpaired) electrons. The number of unbranched alkanes of at least 4 members (excludes halogenated alkanes) is 29. The molecule has 0 aliphatic carbocycles. The Hall–Kier alpha value is -3.67. The third-order valence-electron chi connectivity index (χ3n) is 13.3. The van der Waals surface area contributed by atoms with Crippen LogP contribution >= 0.6 is 0 Å². The predicted molar refractivity (Wildman–Crippen MR) is 320 cm³/mol. The molecule has 0 saturated carbocycles. The van der Waals surface area contributed by atoms with Crippen LogP contribution in [0.5, 0.6) is 0 Å². The van der Waals surface area contributed by atoms with Gasteiger partial charge in [-0.3, -0.25) is 14.4 Å². The number of allylic oxidation sites excluding steroid dienone is 16. The van der Waals surface area contributed by atoms with Gasteiger partial charge < -0.3 is 14.2 Å². The molecule has 424 valence electrons. The molecule has 74 heavy (non-hydrogen) atoms. The number of esters is 3. The lowest BCUT2D eigenvalue weighted by atomic mass is 10.0. The van der Waals surface area contributed by atoms with Gasteiger partial charge in [0.25, 0.3) is 0 Å². The minimum Gasteiger partial charge on any atom is -0.462 e. The van der Waals surface area contributed by atoms with Gasteiger partial charge in [0.1, 0.15) is 13.2 Å². The van der Waals surface area contributed by atoms with Gasteiger partial charge in [0.15, 0.2) is 6.10 Å². The lowest BCUT2D eigenvalue weighted by molar-refractivity contribution is -0.166. The van der Waals surface area contributed by atoms with Crippen LogP contribution in [0.3, 0.4) is 0 Å². The molecule has 0 heterocycles. The van der Waals surface area contributed by atoms with Gasteiger partial charge in [0, 0.05) is 19.3 Å². The van der Waals surface area contributed by atoms with E-state index in [9.17, 15) is 14.4 Å². The van der Waals surface area contributed by atoms with Crippen molar-refractivity contribution in [3.63, 3.8) is 0 Å². The van der Waals surface area contributed by atoms with Gasteiger partial charge in [-0.25, -0.2) is 0 Å². The van der Waals surface area contributed by atoms with Gasteiger partial charge in [-0.05, 0) is 83.5 Å². The summed E-state index contributed by atoms with van der Waals surface area (Å²) in [4.78, 5) is 38.1. The normalized spacial score (nSPS) is 12.7. The van der Waals surface area contributed by atoms with Crippen molar-refractivity contribution in [2.24, 2.45) is 0 Å². The highest BCUT2D eigenvalue weighted by molar-refractivity contribution is 5.71. The van der Waals surface area contributed by atoms with Crippen LogP contribution in [-0.2, 0) is 28.6 Å². The van der Waals surface area contributed by atoms with E-state index in [-0.39, 0.29) is 44.0 Å². The molecule has 0 bridgehead atoms. The smallest absolute Gasteiger partial charge is 0.306 e. The second-order valence-corrected chi connectivity index (χ2v) is 20.6. The maximum Gasteiger partial charge on any atom is 0.306 e. The largest absolute Gasteiger partial charge is 0.462 e. The fraction of sp³-hybridized carbons (Fsp3) is 0.721. The Balaban J connectivity index is 4.27. The summed E-state index contributed by atoms with van der Waals surface area (Å²) in [5.74, 6) is -1.04. The van der Waals surface area contributed by atoms with Gasteiger partial charge in [0.05, 0.1) is 0 Å². The standard InChI is InChI=1S/C68H116O6/c1-4-7-10-13-16-19-22-25-27-28-29-30-31-32-33-34-35-36-37-38-39-41-43-46-49-52-55-58-61-67(70)73-64-65(63-72-66(69)60-57-54-51-48-45-42-24-21-18-15-12-9-6-3)74-68(71)62-59-56-53-50-47-44-40-26-23-20-17-14-11-8-5-2/h8-9,11-12,17-18,20-21,26,40,42,45,47,50-51,54,65H,4-7,10,13-16,19,22-25,27-39,41,43-44,46,48-49,52-53,55-64H2,1-3H3/b11-8-,12-9-,20-17-,21-18-,40-26-,45-42-,50-47-,54-51-. The fourth-order valence-corrected chi connectivity index (χ4v) is 8.74. The number of carbonyl (C=O) groups excluding carboxylic acids is 3. The second kappa shape index (κ2) is 61.9. The summed E-state index contributed by atoms with van der Waals surface area (Å²) in [6.07, 6.45) is 83.2. The van der Waals surface area contributed by atoms with Crippen LogP contribution in [-0.4, -0.2) is 37.2 Å². The monoisotopic (exact) mass is 1030 g/mol. The molecule has 0 saturated heterocycles. The van der Waals surface area contributed by atoms with Crippen LogP contribution in [0.1, 0.15) is 297 Å². The molecular weight excluding hydrogens is 913 g/mol. The summed E-state index contributed by atoms with van der Waals surface area (Å²) in [6, 6.07) is 0. The second-order valence-electron chi connectivity index (χ2n) is 20.6. The number of ether oxygens (including phenoxy) is 3. The van der Waals surface area contributed by atoms with Gasteiger partial charge in [-0.15, -0.1) is 0 Å². The van der Waals surface area contributed by atoms with Crippen molar-refractivity contribution in [2.75, 3.05) is 13.2 Å². The van der Waals surface area contributed by atoms with Crippen LogP contribution in [0.4, 0.5) is 0 Å². The van der Waals surface area contributed by atoms with Crippen LogP contribution in [0.25, 0.3) is 0 Å². The average molecular weight is 1030 g/mol. The molecule has 0 aliphatic heterocycles. The van der Waals surface area contributed by atoms with E-state index in [0.717, 1.165) is 83.5 Å². The zero-order valence-electron chi connectivity index (χ0n) is 48.6. The Morgan fingerprint density at radius 2 is 0.554 bits per heavy atom. The number of hydrogen-bond donors (Lipinski definition) is 0. The third kappa shape index (κ3) is 59.2. The van der Waals surface area contributed by atoms with Crippen molar-refractivity contribution < 1.29 is 28.6 Å². The summed E-state index contributed by atoms with van der Waals surface area (Å²) < 4.78 is 16.8. The van der Waals surface area contributed by atoms with E-state index in [2.05, 4.69) is 106 Å². The van der Waals surface area contributed by atoms with Crippen LogP contribution < -0.4 is 0 Å². The topological polar surface area (TPSA) is 78.9 Å². The molecule has 6 heteroatoms. The van der Waals surface area contributed by atoms with E-state index in [1.807, 2.05) is 12.2 Å². The molecule has 0 spiro atoms. The van der Waals surface area contributed by atoms with E-state index in [1.54, 1.807) is 0 Å². The maximum absolute atomic E-state index is 12.8. The average Bonchev–Trinajstić information content (AvgIpc) is 3.40. The van der Waals surface area contributed by atoms with E-state index in [0.29, 0.717) is 19.3 Å². The van der Waals surface area contributed by atoms with E-state index < -0.39 is 6.10 Å². The maximum atomic E-state index is 12.8. The molecule has 6 nitrogen and oxygen atoms in total. The molecule has 1 atom stereocenters. The first-order valence-electron chi connectivity index (χ1n) is 31.2. The van der Waals surface area contributed by atoms with Crippen molar-refractivity contribution in [3.05, 3.63) is 97.2 Å². The molecule has 0 aromatic carbocycles. The van der Waals surface area contributed by atoms with Crippen LogP contribution in [0.2, 0.25) is 0 Å². The summed E-state index contributed by atoms with van der Waals surface area (Å²) in [5, 5.41) is 0. The Labute approximate surface area is 457 Å². The van der Waals surface area contributed by atoms with Crippen molar-refractivity contribution in [3.8, 4) is 0 Å². The molecule has 0 N–H and O–H groups in total. The highest BCUT2D eigenvalue weighted by Crippen LogP contribution is 2.17. The highest BCUT2D eigenvalue weighted by Gasteiger charge is 2.19. The van der Waals surface area contributed by atoms with Crippen LogP contribution in [0, 0.1) is 0 Å². The first kappa shape index (κ1) is 70.3. The fourth-order valence-electron chi connectivity index (χ4n) is 8.74. The zero-order valence-corrected chi connectivity index (χ0v) is 48.6. The SMILES string of the molecule is CC/C=C\C/C=C\C/C=C\C/C=C\CCCCC(=O)OC(COC(=O)CC/C=C\C/C=C\C/C=C\C/C=C\CC)COC(=O)CCCCCCCCCCCCCCCCCCCCCCCCCCCCCC. The number of carbonyl (C=O) groups is 3. The first-order valence-corrected chi connectivity index (χ1v) is 31.2. The van der Waals surface area contributed by atoms with Gasteiger partial charge in [0.2, 0.25) is 0 Å². The molecule has 0 aromatic heterocycles. The molecular formula is C68H116O6. The Morgan fingerprint density at radius 1 is 0.284 bits per heavy atom. The zero-order chi connectivity index (χ0) is 53.6. The van der Waals surface area contributed by atoms with Crippen molar-refractivity contribution >= 4 is 17.9 Å². The van der Waals surface area contributed by atoms with Gasteiger partial charge >= 0.3 is 17.9 Å². The van der Waals surface area contributed by atoms with E-state index in [1.165, 1.54) is 161 Å². The summed E-state index contributed by atoms with van der Waals surface area (Å²) in [6.45, 7) is 6.33. The molecule has 0 aliphatic rings. The first-order chi connectivity index (χ1) is 36.5. The Bertz CT molecular complexity index is 1460. The summed E-state index contributed by atoms with van der Waals surface area (Å²) >= 11 is 0. The lowest BCUT2D eigenvalue weighted by Crippen LogP contribution is -2.30. The van der Waals surface area contributed by atoms with Gasteiger partial charge in [-0.1, -0.05) is 291 Å². The highest BCUT2D eigenvalue weighted by atomic mass is 16.6. The summed E-state index contributed by atoms with van der Waals surface area (Å²) in [7, 11) is 0. The molecule has 0 fully saturated rings. The molecule has 0 aromatic rings. The molecule has 1 unspecified atom stereocenters. The summed E-state index contributed by atoms with van der Waals surface area (Å²) in [5.41, 5.74) is 0. The molecule has 0 amide bonds.